The summed E-state index contributed by atoms with van der Waals surface area (Å²) in [6, 6.07) is -2.73. The summed E-state index contributed by atoms with van der Waals surface area (Å²) < 4.78 is 0. The molecule has 1 heterocycles. The molecule has 1 aliphatic heterocycles. The van der Waals surface area contributed by atoms with Crippen molar-refractivity contribution >= 4 is 35.3 Å². The van der Waals surface area contributed by atoms with E-state index in [1.807, 2.05) is 55.4 Å². The summed E-state index contributed by atoms with van der Waals surface area (Å²) in [4.78, 5) is 79.5. The highest BCUT2D eigenvalue weighted by atomic mass is 16.2. The Kier molecular flexibility index (Phi) is 16.6. The van der Waals surface area contributed by atoms with Crippen LogP contribution in [0.5, 0.6) is 0 Å². The highest BCUT2D eigenvalue weighted by Gasteiger charge is 2.35. The van der Waals surface area contributed by atoms with Gasteiger partial charge in [0.2, 0.25) is 29.5 Å². The second-order valence-electron chi connectivity index (χ2n) is 13.4. The van der Waals surface area contributed by atoms with Crippen molar-refractivity contribution in [2.45, 2.75) is 125 Å². The Bertz CT molecular complexity index is 998. The van der Waals surface area contributed by atoms with E-state index in [4.69, 9.17) is 0 Å². The molecule has 0 bridgehead atoms. The molecule has 44 heavy (non-hydrogen) atoms. The first-order valence-corrected chi connectivity index (χ1v) is 16.2. The molecule has 12 nitrogen and oxygen atoms in total. The number of carbonyl (C=O) groups excluding carboxylic acids is 6. The molecule has 0 aromatic heterocycles. The third kappa shape index (κ3) is 12.5. The molecule has 0 unspecified atom stereocenters. The van der Waals surface area contributed by atoms with Crippen LogP contribution in [0.15, 0.2) is 0 Å². The van der Waals surface area contributed by atoms with Crippen LogP contribution in [0.25, 0.3) is 0 Å². The first-order chi connectivity index (χ1) is 20.5. The van der Waals surface area contributed by atoms with Gasteiger partial charge in [0.05, 0.1) is 19.1 Å². The SMILES string of the molecule is CC[C@H](C)[C@H](NC(=O)[C@H](CC(C)C)NC(=O)CNC(=O)[C@@H](NC(=O)[C@@H]1CCCN1C(C)C)C(C)C)C(=O)NCC(=O)C(C)C. The zero-order chi connectivity index (χ0) is 33.7. The van der Waals surface area contributed by atoms with Gasteiger partial charge in [0.15, 0.2) is 5.78 Å². The number of amides is 5. The number of ketones is 1. The van der Waals surface area contributed by atoms with Crippen molar-refractivity contribution in [2.24, 2.45) is 23.7 Å². The van der Waals surface area contributed by atoms with Crippen LogP contribution < -0.4 is 26.6 Å². The number of hydrogen-bond donors (Lipinski definition) is 5. The normalized spacial score (nSPS) is 18.1. The lowest BCUT2D eigenvalue weighted by Gasteiger charge is -2.30. The minimum absolute atomic E-state index is 0.0432. The summed E-state index contributed by atoms with van der Waals surface area (Å²) in [6.07, 6.45) is 2.56. The molecule has 1 fully saturated rings. The molecule has 5 amide bonds. The lowest BCUT2D eigenvalue weighted by Crippen LogP contribution is -2.58. The lowest BCUT2D eigenvalue weighted by molar-refractivity contribution is -0.135. The fourth-order valence-electron chi connectivity index (χ4n) is 5.14. The van der Waals surface area contributed by atoms with E-state index in [0.717, 1.165) is 19.4 Å². The Morgan fingerprint density at radius 2 is 1.34 bits per heavy atom. The van der Waals surface area contributed by atoms with Crippen molar-refractivity contribution in [1.82, 2.24) is 31.5 Å². The van der Waals surface area contributed by atoms with Crippen molar-refractivity contribution < 1.29 is 28.8 Å². The van der Waals surface area contributed by atoms with Crippen LogP contribution in [-0.4, -0.2) is 90.1 Å². The molecule has 0 spiro atoms. The van der Waals surface area contributed by atoms with E-state index >= 15 is 0 Å². The van der Waals surface area contributed by atoms with E-state index in [0.29, 0.717) is 12.8 Å². The van der Waals surface area contributed by atoms with Crippen LogP contribution >= 0.6 is 0 Å². The Balaban J connectivity index is 2.87. The summed E-state index contributed by atoms with van der Waals surface area (Å²) in [6.45, 7) is 19.1. The highest BCUT2D eigenvalue weighted by molar-refractivity contribution is 5.95. The molecular weight excluding hydrogens is 564 g/mol. The lowest BCUT2D eigenvalue weighted by atomic mass is 9.96. The smallest absolute Gasteiger partial charge is 0.243 e. The van der Waals surface area contributed by atoms with E-state index in [1.165, 1.54) is 0 Å². The average Bonchev–Trinajstić information content (AvgIpc) is 3.45. The Hall–Kier alpha value is -3.02. The van der Waals surface area contributed by atoms with Gasteiger partial charge in [-0.3, -0.25) is 33.7 Å². The second-order valence-corrected chi connectivity index (χ2v) is 13.4. The third-order valence-electron chi connectivity index (χ3n) is 8.16. The van der Waals surface area contributed by atoms with Gasteiger partial charge >= 0.3 is 0 Å². The number of hydrogen-bond acceptors (Lipinski definition) is 7. The van der Waals surface area contributed by atoms with Crippen LogP contribution in [0.1, 0.15) is 94.9 Å². The fourth-order valence-corrected chi connectivity index (χ4v) is 5.14. The third-order valence-corrected chi connectivity index (χ3v) is 8.16. The molecule has 0 radical (unpaired) electrons. The Morgan fingerprint density at radius 3 is 1.86 bits per heavy atom. The second kappa shape index (κ2) is 18.7. The van der Waals surface area contributed by atoms with Crippen molar-refractivity contribution in [3.05, 3.63) is 0 Å². The quantitative estimate of drug-likeness (QED) is 0.155. The molecule has 1 rings (SSSR count). The zero-order valence-electron chi connectivity index (χ0n) is 28.5. The van der Waals surface area contributed by atoms with Crippen LogP contribution in [0.2, 0.25) is 0 Å². The van der Waals surface area contributed by atoms with Crippen LogP contribution in [-0.2, 0) is 28.8 Å². The van der Waals surface area contributed by atoms with Crippen LogP contribution in [0.3, 0.4) is 0 Å². The summed E-state index contributed by atoms with van der Waals surface area (Å²) in [5, 5.41) is 13.6. The minimum atomic E-state index is -0.943. The predicted molar refractivity (Wildman–Crippen MR) is 170 cm³/mol. The number of carbonyl (C=O) groups is 6. The van der Waals surface area contributed by atoms with Gasteiger partial charge in [0.1, 0.15) is 18.1 Å². The average molecular weight is 623 g/mol. The van der Waals surface area contributed by atoms with Crippen LogP contribution in [0, 0.1) is 23.7 Å². The molecule has 0 saturated carbocycles. The topological polar surface area (TPSA) is 166 Å². The molecule has 252 valence electrons. The molecular formula is C32H58N6O6. The van der Waals surface area contributed by atoms with Crippen molar-refractivity contribution in [3.63, 3.8) is 0 Å². The Labute approximate surface area is 264 Å². The number of likely N-dealkylation sites (tertiary alicyclic amines) is 1. The van der Waals surface area contributed by atoms with Gasteiger partial charge in [0.25, 0.3) is 0 Å². The summed E-state index contributed by atoms with van der Waals surface area (Å²) in [5.74, 6) is -2.96. The first-order valence-electron chi connectivity index (χ1n) is 16.2. The van der Waals surface area contributed by atoms with E-state index in [1.54, 1.807) is 13.8 Å². The maximum atomic E-state index is 13.3. The van der Waals surface area contributed by atoms with Gasteiger partial charge in [0, 0.05) is 12.0 Å². The molecule has 0 aliphatic carbocycles. The van der Waals surface area contributed by atoms with Crippen LogP contribution in [0.4, 0.5) is 0 Å². The maximum absolute atomic E-state index is 13.3. The molecule has 12 heteroatoms. The standard InChI is InChI=1S/C32H58N6O6/c1-11-22(10)28(32(44)33-16-25(39)19(4)5)37-29(41)23(15-18(2)3)35-26(40)17-34-31(43)27(20(6)7)36-30(42)24-13-12-14-38(24)21(8)9/h18-24,27-28H,11-17H2,1-10H3,(H,33,44)(H,34,43)(H,35,40)(H,36,42)(H,37,41)/t22-,23-,24-,27-,28-/m0/s1. The molecule has 5 N–H and O–H groups in total. The van der Waals surface area contributed by atoms with E-state index < -0.39 is 41.8 Å². The summed E-state index contributed by atoms with van der Waals surface area (Å²) in [7, 11) is 0. The van der Waals surface area contributed by atoms with Gasteiger partial charge in [-0.15, -0.1) is 0 Å². The molecule has 0 aromatic carbocycles. The monoisotopic (exact) mass is 622 g/mol. The summed E-state index contributed by atoms with van der Waals surface area (Å²) in [5.41, 5.74) is 0. The first kappa shape index (κ1) is 39.0. The number of nitrogens with one attached hydrogen (secondary N) is 5. The number of nitrogens with zero attached hydrogens (tertiary/aromatic N) is 1. The minimum Gasteiger partial charge on any atom is -0.347 e. The molecule has 1 saturated heterocycles. The largest absolute Gasteiger partial charge is 0.347 e. The van der Waals surface area contributed by atoms with Crippen molar-refractivity contribution in [3.8, 4) is 0 Å². The molecule has 1 aliphatic rings. The van der Waals surface area contributed by atoms with Gasteiger partial charge in [-0.2, -0.15) is 0 Å². The molecule has 0 aromatic rings. The fraction of sp³-hybridized carbons (Fsp3) is 0.812. The predicted octanol–water partition coefficient (Wildman–Crippen LogP) is 1.52. The zero-order valence-corrected chi connectivity index (χ0v) is 28.5. The Morgan fingerprint density at radius 1 is 0.750 bits per heavy atom. The highest BCUT2D eigenvalue weighted by Crippen LogP contribution is 2.20. The van der Waals surface area contributed by atoms with Gasteiger partial charge in [-0.05, 0) is 57.4 Å². The van der Waals surface area contributed by atoms with E-state index in [2.05, 4.69) is 31.5 Å². The van der Waals surface area contributed by atoms with E-state index in [-0.39, 0.29) is 60.5 Å². The summed E-state index contributed by atoms with van der Waals surface area (Å²) >= 11 is 0. The van der Waals surface area contributed by atoms with Gasteiger partial charge < -0.3 is 26.6 Å². The molecule has 5 atom stereocenters. The van der Waals surface area contributed by atoms with Crippen molar-refractivity contribution in [1.29, 1.82) is 0 Å². The number of Topliss-reactive ketones (excluding diaryl/α,β-unsaturated/α-hetero) is 1. The van der Waals surface area contributed by atoms with E-state index in [9.17, 15) is 28.8 Å². The van der Waals surface area contributed by atoms with Gasteiger partial charge in [-0.25, -0.2) is 0 Å². The number of rotatable bonds is 18. The maximum Gasteiger partial charge on any atom is 0.243 e. The van der Waals surface area contributed by atoms with Crippen molar-refractivity contribution in [2.75, 3.05) is 19.6 Å². The van der Waals surface area contributed by atoms with Gasteiger partial charge in [-0.1, -0.05) is 61.8 Å².